The van der Waals surface area contributed by atoms with Gasteiger partial charge in [0.25, 0.3) is 0 Å². The smallest absolute Gasteiger partial charge is 0.120 e. The van der Waals surface area contributed by atoms with Crippen LogP contribution in [0.5, 0.6) is 5.75 Å². The van der Waals surface area contributed by atoms with Crippen molar-refractivity contribution in [3.05, 3.63) is 46.7 Å². The van der Waals surface area contributed by atoms with Crippen LogP contribution in [0.2, 0.25) is 0 Å². The predicted octanol–water partition coefficient (Wildman–Crippen LogP) is 3.40. The standard InChI is InChI=1S/C12H13BrN2O/c1-16-10-2-3-12(11(13)6-10)15-8-9-4-5-14-7-9/h2-7,14-15H,8H2,1H3. The Morgan fingerprint density at radius 1 is 1.38 bits per heavy atom. The predicted molar refractivity (Wildman–Crippen MR) is 68.8 cm³/mol. The fourth-order valence-electron chi connectivity index (χ4n) is 1.43. The van der Waals surface area contributed by atoms with Gasteiger partial charge in [0.2, 0.25) is 0 Å². The molecular formula is C12H13BrN2O. The number of aromatic nitrogens is 1. The molecule has 0 fully saturated rings. The molecule has 0 radical (unpaired) electrons. The Morgan fingerprint density at radius 2 is 2.25 bits per heavy atom. The van der Waals surface area contributed by atoms with E-state index in [0.717, 1.165) is 22.5 Å². The summed E-state index contributed by atoms with van der Waals surface area (Å²) in [6.45, 7) is 0.800. The third-order valence-electron chi connectivity index (χ3n) is 2.32. The lowest BCUT2D eigenvalue weighted by Crippen LogP contribution is -1.99. The number of nitrogens with one attached hydrogen (secondary N) is 2. The van der Waals surface area contributed by atoms with Crippen LogP contribution in [0.4, 0.5) is 5.69 Å². The molecule has 2 aromatic rings. The fourth-order valence-corrected chi connectivity index (χ4v) is 1.93. The molecule has 2 N–H and O–H groups in total. The second-order valence-electron chi connectivity index (χ2n) is 3.42. The van der Waals surface area contributed by atoms with Crippen molar-refractivity contribution in [3.63, 3.8) is 0 Å². The first-order chi connectivity index (χ1) is 7.79. The third kappa shape index (κ3) is 2.58. The van der Waals surface area contributed by atoms with E-state index >= 15 is 0 Å². The summed E-state index contributed by atoms with van der Waals surface area (Å²) in [6.07, 6.45) is 3.89. The van der Waals surface area contributed by atoms with E-state index in [9.17, 15) is 0 Å². The monoisotopic (exact) mass is 280 g/mol. The number of hydrogen-bond donors (Lipinski definition) is 2. The maximum atomic E-state index is 5.14. The van der Waals surface area contributed by atoms with Crippen LogP contribution >= 0.6 is 15.9 Å². The first-order valence-corrected chi connectivity index (χ1v) is 5.78. The lowest BCUT2D eigenvalue weighted by Gasteiger charge is -2.09. The van der Waals surface area contributed by atoms with Gasteiger partial charge in [-0.05, 0) is 45.8 Å². The number of hydrogen-bond acceptors (Lipinski definition) is 2. The highest BCUT2D eigenvalue weighted by Crippen LogP contribution is 2.27. The molecule has 0 aliphatic carbocycles. The number of ether oxygens (including phenoxy) is 1. The highest BCUT2D eigenvalue weighted by Gasteiger charge is 2.01. The second-order valence-corrected chi connectivity index (χ2v) is 4.27. The fraction of sp³-hybridized carbons (Fsp3) is 0.167. The summed E-state index contributed by atoms with van der Waals surface area (Å²) in [7, 11) is 1.66. The molecule has 1 aromatic carbocycles. The molecule has 0 aliphatic heterocycles. The second kappa shape index (κ2) is 5.07. The van der Waals surface area contributed by atoms with Crippen molar-refractivity contribution in [2.45, 2.75) is 6.54 Å². The van der Waals surface area contributed by atoms with Gasteiger partial charge in [-0.25, -0.2) is 0 Å². The summed E-state index contributed by atoms with van der Waals surface area (Å²) in [5.74, 6) is 0.846. The van der Waals surface area contributed by atoms with Crippen LogP contribution in [-0.4, -0.2) is 12.1 Å². The van der Waals surface area contributed by atoms with Gasteiger partial charge in [-0.3, -0.25) is 0 Å². The van der Waals surface area contributed by atoms with Gasteiger partial charge < -0.3 is 15.0 Å². The Kier molecular flexibility index (Phi) is 3.51. The summed E-state index contributed by atoms with van der Waals surface area (Å²) in [4.78, 5) is 3.03. The quantitative estimate of drug-likeness (QED) is 0.901. The van der Waals surface area contributed by atoms with Crippen LogP contribution < -0.4 is 10.1 Å². The van der Waals surface area contributed by atoms with Crippen LogP contribution in [0.15, 0.2) is 41.1 Å². The van der Waals surface area contributed by atoms with E-state index in [2.05, 4.69) is 26.2 Å². The van der Waals surface area contributed by atoms with Crippen molar-refractivity contribution in [1.82, 2.24) is 4.98 Å². The molecule has 0 unspecified atom stereocenters. The molecule has 0 aliphatic rings. The van der Waals surface area contributed by atoms with Gasteiger partial charge in [0.15, 0.2) is 0 Å². The summed E-state index contributed by atoms with van der Waals surface area (Å²) in [5, 5.41) is 3.34. The lowest BCUT2D eigenvalue weighted by atomic mass is 10.3. The van der Waals surface area contributed by atoms with E-state index in [1.54, 1.807) is 7.11 Å². The number of aromatic amines is 1. The molecule has 2 rings (SSSR count). The van der Waals surface area contributed by atoms with Gasteiger partial charge in [-0.15, -0.1) is 0 Å². The van der Waals surface area contributed by atoms with E-state index in [0.29, 0.717) is 0 Å². The number of rotatable bonds is 4. The highest BCUT2D eigenvalue weighted by molar-refractivity contribution is 9.10. The zero-order valence-corrected chi connectivity index (χ0v) is 10.5. The number of methoxy groups -OCH3 is 1. The van der Waals surface area contributed by atoms with E-state index in [4.69, 9.17) is 4.74 Å². The zero-order valence-electron chi connectivity index (χ0n) is 8.96. The van der Waals surface area contributed by atoms with Gasteiger partial charge in [0.05, 0.1) is 7.11 Å². The largest absolute Gasteiger partial charge is 0.497 e. The first-order valence-electron chi connectivity index (χ1n) is 4.98. The minimum absolute atomic E-state index is 0.800. The van der Waals surface area contributed by atoms with Gasteiger partial charge in [-0.1, -0.05) is 0 Å². The maximum Gasteiger partial charge on any atom is 0.120 e. The molecule has 1 aromatic heterocycles. The molecule has 4 heteroatoms. The number of anilines is 1. The lowest BCUT2D eigenvalue weighted by molar-refractivity contribution is 0.414. The van der Waals surface area contributed by atoms with Crippen LogP contribution in [0, 0.1) is 0 Å². The Labute approximate surface area is 103 Å². The molecule has 0 atom stereocenters. The molecule has 1 heterocycles. The van der Waals surface area contributed by atoms with Crippen molar-refractivity contribution in [1.29, 1.82) is 0 Å². The van der Waals surface area contributed by atoms with Gasteiger partial charge in [-0.2, -0.15) is 0 Å². The van der Waals surface area contributed by atoms with Crippen molar-refractivity contribution >= 4 is 21.6 Å². The summed E-state index contributed by atoms with van der Waals surface area (Å²) >= 11 is 3.50. The molecule has 0 saturated carbocycles. The Hall–Kier alpha value is -1.42. The Bertz CT molecular complexity index is 454. The Balaban J connectivity index is 2.04. The van der Waals surface area contributed by atoms with Crippen LogP contribution in [0.25, 0.3) is 0 Å². The first kappa shape index (κ1) is 11.1. The van der Waals surface area contributed by atoms with Crippen LogP contribution in [0.3, 0.4) is 0 Å². The van der Waals surface area contributed by atoms with Gasteiger partial charge in [0.1, 0.15) is 5.75 Å². The van der Waals surface area contributed by atoms with Crippen molar-refractivity contribution < 1.29 is 4.74 Å². The molecule has 0 saturated heterocycles. The SMILES string of the molecule is COc1ccc(NCc2cc[nH]c2)c(Br)c1. The summed E-state index contributed by atoms with van der Waals surface area (Å²) in [5.41, 5.74) is 2.28. The van der Waals surface area contributed by atoms with Crippen molar-refractivity contribution in [2.24, 2.45) is 0 Å². The van der Waals surface area contributed by atoms with Crippen LogP contribution in [-0.2, 0) is 6.54 Å². The molecular weight excluding hydrogens is 268 g/mol. The third-order valence-corrected chi connectivity index (χ3v) is 2.98. The summed E-state index contributed by atoms with van der Waals surface area (Å²) in [6, 6.07) is 7.92. The topological polar surface area (TPSA) is 37.0 Å². The molecule has 0 amide bonds. The molecule has 0 spiro atoms. The molecule has 0 bridgehead atoms. The number of halogens is 1. The van der Waals surface area contributed by atoms with E-state index < -0.39 is 0 Å². The van der Waals surface area contributed by atoms with Gasteiger partial charge >= 0.3 is 0 Å². The summed E-state index contributed by atoms with van der Waals surface area (Å²) < 4.78 is 6.14. The molecule has 16 heavy (non-hydrogen) atoms. The highest BCUT2D eigenvalue weighted by atomic mass is 79.9. The zero-order chi connectivity index (χ0) is 11.4. The average Bonchev–Trinajstić information content (AvgIpc) is 2.80. The number of benzene rings is 1. The normalized spacial score (nSPS) is 10.1. The van der Waals surface area contributed by atoms with Crippen molar-refractivity contribution in [3.8, 4) is 5.75 Å². The molecule has 3 nitrogen and oxygen atoms in total. The molecule has 84 valence electrons. The average molecular weight is 281 g/mol. The minimum Gasteiger partial charge on any atom is -0.497 e. The maximum absolute atomic E-state index is 5.14. The van der Waals surface area contributed by atoms with E-state index in [1.807, 2.05) is 36.7 Å². The van der Waals surface area contributed by atoms with E-state index in [-0.39, 0.29) is 0 Å². The van der Waals surface area contributed by atoms with Crippen LogP contribution in [0.1, 0.15) is 5.56 Å². The van der Waals surface area contributed by atoms with Crippen molar-refractivity contribution in [2.75, 3.05) is 12.4 Å². The van der Waals surface area contributed by atoms with E-state index in [1.165, 1.54) is 5.56 Å². The Morgan fingerprint density at radius 3 is 2.88 bits per heavy atom. The minimum atomic E-state index is 0.800. The number of H-pyrrole nitrogens is 1. The van der Waals surface area contributed by atoms with Gasteiger partial charge in [0, 0.05) is 29.1 Å².